The van der Waals surface area contributed by atoms with E-state index in [9.17, 15) is 0 Å². The van der Waals surface area contributed by atoms with Crippen LogP contribution in [0.1, 0.15) is 83.5 Å². The fourth-order valence-electron chi connectivity index (χ4n) is 5.69. The van der Waals surface area contributed by atoms with Crippen molar-refractivity contribution in [2.75, 3.05) is 11.4 Å². The number of aryl methyl sites for hydroxylation is 2. The van der Waals surface area contributed by atoms with Gasteiger partial charge in [0.15, 0.2) is 5.65 Å². The first-order valence-corrected chi connectivity index (χ1v) is 14.9. The Balaban J connectivity index is 1.54. The third-order valence-corrected chi connectivity index (χ3v) is 8.12. The number of benzene rings is 1. The van der Waals surface area contributed by atoms with Crippen molar-refractivity contribution in [2.24, 2.45) is 0 Å². The lowest BCUT2D eigenvalue weighted by Crippen LogP contribution is -2.27. The molecule has 3 aromatic heterocycles. The van der Waals surface area contributed by atoms with Crippen LogP contribution in [0.2, 0.25) is 0 Å². The Labute approximate surface area is 238 Å². The van der Waals surface area contributed by atoms with Gasteiger partial charge in [-0.25, -0.2) is 0 Å². The highest BCUT2D eigenvalue weighted by Crippen LogP contribution is 2.48. The van der Waals surface area contributed by atoms with E-state index in [2.05, 4.69) is 91.1 Å². The molecule has 0 unspecified atom stereocenters. The van der Waals surface area contributed by atoms with E-state index in [1.54, 1.807) is 6.20 Å². The highest BCUT2D eigenvalue weighted by atomic mass is 15.4. The van der Waals surface area contributed by atoms with Gasteiger partial charge in [0.05, 0.1) is 5.69 Å². The van der Waals surface area contributed by atoms with Crippen molar-refractivity contribution in [3.8, 4) is 11.5 Å². The van der Waals surface area contributed by atoms with Gasteiger partial charge in [-0.15, -0.1) is 10.2 Å². The smallest absolute Gasteiger partial charge is 0.203 e. The van der Waals surface area contributed by atoms with Gasteiger partial charge >= 0.3 is 0 Å². The first-order chi connectivity index (χ1) is 19.4. The summed E-state index contributed by atoms with van der Waals surface area (Å²) in [5.41, 5.74) is 9.27. The van der Waals surface area contributed by atoms with Crippen LogP contribution in [0, 0.1) is 6.92 Å². The van der Waals surface area contributed by atoms with Gasteiger partial charge < -0.3 is 4.90 Å². The highest BCUT2D eigenvalue weighted by Gasteiger charge is 2.39. The minimum atomic E-state index is -0.0592. The Bertz CT molecular complexity index is 1590. The second-order valence-electron chi connectivity index (χ2n) is 11.3. The quantitative estimate of drug-likeness (QED) is 0.216. The van der Waals surface area contributed by atoms with E-state index < -0.39 is 0 Å². The summed E-state index contributed by atoms with van der Waals surface area (Å²) in [5.74, 6) is 0.665. The first kappa shape index (κ1) is 27.8. The van der Waals surface area contributed by atoms with Crippen LogP contribution in [0.5, 0.6) is 0 Å². The zero-order valence-electron chi connectivity index (χ0n) is 24.9. The molecule has 5 rings (SSSR count). The van der Waals surface area contributed by atoms with Gasteiger partial charge in [0.2, 0.25) is 5.82 Å². The number of allylic oxidation sites excluding steroid dienone is 4. The predicted molar refractivity (Wildman–Crippen MR) is 165 cm³/mol. The van der Waals surface area contributed by atoms with E-state index in [0.717, 1.165) is 41.6 Å². The van der Waals surface area contributed by atoms with E-state index in [1.807, 2.05) is 29.6 Å². The Morgan fingerprint density at radius 1 is 1.00 bits per heavy atom. The topological polar surface area (TPSA) is 59.2 Å². The van der Waals surface area contributed by atoms with Gasteiger partial charge in [0.1, 0.15) is 5.69 Å². The molecule has 0 N–H and O–H groups in total. The van der Waals surface area contributed by atoms with Crippen molar-refractivity contribution >= 4 is 17.4 Å². The number of rotatable bonds is 10. The molecule has 0 aliphatic carbocycles. The minimum Gasteiger partial charge on any atom is -0.344 e. The summed E-state index contributed by atoms with van der Waals surface area (Å²) in [6.07, 6.45) is 15.5. The van der Waals surface area contributed by atoms with Gasteiger partial charge in [0.25, 0.3) is 0 Å². The van der Waals surface area contributed by atoms with Crippen LogP contribution >= 0.6 is 0 Å². The zero-order chi connectivity index (χ0) is 28.3. The number of hydrogen-bond acceptors (Lipinski definition) is 5. The molecule has 0 amide bonds. The molecular formula is C34H42N6. The molecule has 4 heterocycles. The molecule has 6 heteroatoms. The fraction of sp³-hybridized carbons (Fsp3) is 0.412. The highest BCUT2D eigenvalue weighted by molar-refractivity contribution is 5.72. The summed E-state index contributed by atoms with van der Waals surface area (Å²) in [5, 5.41) is 14.7. The van der Waals surface area contributed by atoms with Gasteiger partial charge in [-0.1, -0.05) is 71.7 Å². The van der Waals surface area contributed by atoms with Crippen molar-refractivity contribution in [3.63, 3.8) is 0 Å². The maximum atomic E-state index is 4.77. The third-order valence-electron chi connectivity index (χ3n) is 8.12. The maximum absolute atomic E-state index is 4.77. The lowest BCUT2D eigenvalue weighted by atomic mass is 9.82. The van der Waals surface area contributed by atoms with Crippen molar-refractivity contribution < 1.29 is 0 Å². The Hall–Kier alpha value is -3.80. The Morgan fingerprint density at radius 3 is 2.55 bits per heavy atom. The van der Waals surface area contributed by atoms with E-state index in [4.69, 9.17) is 5.10 Å². The maximum Gasteiger partial charge on any atom is 0.203 e. The summed E-state index contributed by atoms with van der Waals surface area (Å²) < 4.78 is 1.81. The van der Waals surface area contributed by atoms with Gasteiger partial charge in [-0.3, -0.25) is 4.98 Å². The molecule has 0 bridgehead atoms. The molecule has 1 aliphatic heterocycles. The molecule has 40 heavy (non-hydrogen) atoms. The van der Waals surface area contributed by atoms with E-state index >= 15 is 0 Å². The van der Waals surface area contributed by atoms with Crippen LogP contribution < -0.4 is 10.1 Å². The summed E-state index contributed by atoms with van der Waals surface area (Å²) in [4.78, 5) is 7.00. The number of pyridine rings is 1. The summed E-state index contributed by atoms with van der Waals surface area (Å²) in [7, 11) is 0. The molecule has 1 aromatic carbocycles. The van der Waals surface area contributed by atoms with Crippen molar-refractivity contribution in [1.29, 1.82) is 0 Å². The van der Waals surface area contributed by atoms with Crippen LogP contribution in [0.3, 0.4) is 0 Å². The van der Waals surface area contributed by atoms with Gasteiger partial charge in [0, 0.05) is 34.8 Å². The van der Waals surface area contributed by atoms with Crippen molar-refractivity contribution in [1.82, 2.24) is 24.8 Å². The average Bonchev–Trinajstić information content (AvgIpc) is 3.57. The molecule has 0 saturated carbocycles. The lowest BCUT2D eigenvalue weighted by Gasteiger charge is -2.27. The molecule has 1 aliphatic rings. The summed E-state index contributed by atoms with van der Waals surface area (Å²) >= 11 is 0. The monoisotopic (exact) mass is 534 g/mol. The van der Waals surface area contributed by atoms with Crippen molar-refractivity contribution in [3.05, 3.63) is 88.1 Å². The summed E-state index contributed by atoms with van der Waals surface area (Å²) in [6, 6.07) is 12.9. The standard InChI is InChI=1S/C34H42N6/c1-7-10-14-26-16-18-30-28(23-26)34(5,6)31(39(30)21-11-8-2)19-17-25(9-3)22-27-24(4)38-40-32(27)36-37-33(40)29-15-12-13-20-35-29/h12-13,15-20,22-23H,7-11,14,21H2,1-6H3/b25-17+,27-22-,31-19+. The molecule has 0 fully saturated rings. The number of nitrogens with zero attached hydrogens (tertiary/aromatic N) is 6. The molecule has 6 nitrogen and oxygen atoms in total. The lowest BCUT2D eigenvalue weighted by molar-refractivity contribution is 0.623. The van der Waals surface area contributed by atoms with E-state index in [-0.39, 0.29) is 5.41 Å². The van der Waals surface area contributed by atoms with Crippen LogP contribution in [0.4, 0.5) is 5.69 Å². The van der Waals surface area contributed by atoms with Crippen LogP contribution in [0.15, 0.2) is 66.0 Å². The molecule has 4 aromatic rings. The second-order valence-corrected chi connectivity index (χ2v) is 11.3. The largest absolute Gasteiger partial charge is 0.344 e. The predicted octanol–water partition coefficient (Wildman–Crippen LogP) is 7.15. The van der Waals surface area contributed by atoms with Crippen molar-refractivity contribution in [2.45, 2.75) is 85.5 Å². The number of aromatic nitrogens is 5. The fourth-order valence-corrected chi connectivity index (χ4v) is 5.69. The van der Waals surface area contributed by atoms with Crippen LogP contribution in [0.25, 0.3) is 23.2 Å². The van der Waals surface area contributed by atoms with Crippen LogP contribution in [-0.2, 0) is 11.8 Å². The van der Waals surface area contributed by atoms with Gasteiger partial charge in [-0.05, 0) is 79.7 Å². The molecule has 0 spiro atoms. The first-order valence-electron chi connectivity index (χ1n) is 14.9. The molecule has 0 saturated heterocycles. The van der Waals surface area contributed by atoms with E-state index in [0.29, 0.717) is 5.82 Å². The molecule has 0 radical (unpaired) electrons. The number of hydrogen-bond donors (Lipinski definition) is 0. The van der Waals surface area contributed by atoms with E-state index in [1.165, 1.54) is 53.8 Å². The second kappa shape index (κ2) is 11.7. The third kappa shape index (κ3) is 5.19. The number of fused-ring (bicyclic) bond motifs is 2. The van der Waals surface area contributed by atoms with Gasteiger partial charge in [-0.2, -0.15) is 9.61 Å². The minimum absolute atomic E-state index is 0.0592. The SMILES string of the molecule is CCCCc1ccc2c(c1)C(C)(C)\C(=C/C=C(/C=c1/c(C)nn3c(-c4ccccn4)nnc13)CC)N2CCCC. The normalized spacial score (nSPS) is 16.4. The zero-order valence-corrected chi connectivity index (χ0v) is 24.9. The molecular weight excluding hydrogens is 492 g/mol. The average molecular weight is 535 g/mol. The number of unbranched alkanes of at least 4 members (excludes halogenated alkanes) is 2. The number of anilines is 1. The summed E-state index contributed by atoms with van der Waals surface area (Å²) in [6.45, 7) is 14.6. The Morgan fingerprint density at radius 2 is 1.82 bits per heavy atom. The Kier molecular flexibility index (Phi) is 8.15. The molecule has 208 valence electrons. The van der Waals surface area contributed by atoms with Crippen LogP contribution in [-0.4, -0.2) is 31.3 Å². The molecule has 0 atom stereocenters.